The maximum Gasteiger partial charge on any atom is 0.262 e. The van der Waals surface area contributed by atoms with Gasteiger partial charge in [-0.1, -0.05) is 42.5 Å². The van der Waals surface area contributed by atoms with Crippen LogP contribution in [0.5, 0.6) is 0 Å². The summed E-state index contributed by atoms with van der Waals surface area (Å²) in [7, 11) is 0. The van der Waals surface area contributed by atoms with Crippen molar-refractivity contribution in [2.24, 2.45) is 0 Å². The lowest BCUT2D eigenvalue weighted by atomic mass is 9.98. The van der Waals surface area contributed by atoms with Gasteiger partial charge in [-0.3, -0.25) is 4.79 Å². The fourth-order valence-corrected chi connectivity index (χ4v) is 3.17. The summed E-state index contributed by atoms with van der Waals surface area (Å²) in [5, 5.41) is 14.9. The van der Waals surface area contributed by atoms with Crippen molar-refractivity contribution in [1.29, 1.82) is 0 Å². The number of rotatable bonds is 4. The van der Waals surface area contributed by atoms with Crippen molar-refractivity contribution in [3.8, 4) is 0 Å². The monoisotopic (exact) mass is 268 g/mol. The largest absolute Gasteiger partial charge is 0.632 e. The third-order valence-corrected chi connectivity index (χ3v) is 4.32. The molecule has 0 amide bonds. The van der Waals surface area contributed by atoms with Crippen LogP contribution >= 0.6 is 0 Å². The molecule has 1 heterocycles. The van der Waals surface area contributed by atoms with Crippen molar-refractivity contribution < 1.29 is 9.44 Å². The van der Waals surface area contributed by atoms with Gasteiger partial charge in [0.25, 0.3) is 6.29 Å². The van der Waals surface area contributed by atoms with Gasteiger partial charge in [0.15, 0.2) is 6.04 Å². The van der Waals surface area contributed by atoms with E-state index in [0.29, 0.717) is 19.5 Å². The first-order chi connectivity index (χ1) is 9.73. The van der Waals surface area contributed by atoms with E-state index in [-0.39, 0.29) is 0 Å². The Morgan fingerprint density at radius 1 is 1.10 bits per heavy atom. The Hall–Kier alpha value is -1.71. The molecule has 2 aromatic carbocycles. The van der Waals surface area contributed by atoms with E-state index in [0.717, 1.165) is 29.2 Å². The highest BCUT2D eigenvalue weighted by molar-refractivity contribution is 5.86. The average molecular weight is 268 g/mol. The normalized spacial score (nSPS) is 19.1. The Kier molecular flexibility index (Phi) is 3.55. The van der Waals surface area contributed by atoms with Crippen LogP contribution in [0.1, 0.15) is 18.4 Å². The van der Waals surface area contributed by atoms with Gasteiger partial charge >= 0.3 is 0 Å². The number of hydrogen-bond donors (Lipinski definition) is 0. The van der Waals surface area contributed by atoms with Gasteiger partial charge in [0.05, 0.1) is 13.1 Å². The molecule has 0 N–H and O–H groups in total. The predicted molar refractivity (Wildman–Crippen MR) is 79.7 cm³/mol. The molecule has 1 saturated heterocycles. The second-order valence-corrected chi connectivity index (χ2v) is 5.58. The standard InChI is InChI=1S/C17H18NO2/c19-13-16(18(20)10-3-4-11-18)12-15-8-5-7-14-6-1-2-9-17(14)15/h1-2,5-9,16H,3-4,10-12H2/t16-/m1/s1. The summed E-state index contributed by atoms with van der Waals surface area (Å²) >= 11 is 0. The first-order valence-corrected chi connectivity index (χ1v) is 7.15. The van der Waals surface area contributed by atoms with Crippen LogP contribution in [0.15, 0.2) is 42.5 Å². The van der Waals surface area contributed by atoms with Gasteiger partial charge in [-0.2, -0.15) is 0 Å². The van der Waals surface area contributed by atoms with Crippen LogP contribution in [-0.2, 0) is 11.2 Å². The number of nitrogens with zero attached hydrogens (tertiary/aromatic N) is 1. The van der Waals surface area contributed by atoms with Gasteiger partial charge in [-0.05, 0) is 16.3 Å². The third kappa shape index (κ3) is 2.35. The molecule has 1 aliphatic heterocycles. The molecule has 0 saturated carbocycles. The molecule has 0 aliphatic carbocycles. The van der Waals surface area contributed by atoms with Gasteiger partial charge in [0.2, 0.25) is 0 Å². The number of fused-ring (bicyclic) bond motifs is 1. The lowest BCUT2D eigenvalue weighted by molar-refractivity contribution is -0.882. The number of benzene rings is 2. The number of hydroxylamine groups is 3. The maximum absolute atomic E-state index is 12.6. The lowest BCUT2D eigenvalue weighted by Gasteiger charge is -2.42. The quantitative estimate of drug-likeness (QED) is 0.632. The van der Waals surface area contributed by atoms with Crippen LogP contribution in [0, 0.1) is 5.21 Å². The highest BCUT2D eigenvalue weighted by atomic mass is 16.5. The highest BCUT2D eigenvalue weighted by Gasteiger charge is 2.33. The van der Waals surface area contributed by atoms with Crippen LogP contribution in [0.4, 0.5) is 0 Å². The fraction of sp³-hybridized carbons (Fsp3) is 0.353. The van der Waals surface area contributed by atoms with Crippen molar-refractivity contribution in [3.05, 3.63) is 53.2 Å². The minimum atomic E-state index is -0.594. The molecule has 1 radical (unpaired) electrons. The van der Waals surface area contributed by atoms with E-state index >= 15 is 0 Å². The Morgan fingerprint density at radius 3 is 2.55 bits per heavy atom. The molecule has 1 aliphatic rings. The molecule has 103 valence electrons. The van der Waals surface area contributed by atoms with E-state index in [2.05, 4.69) is 12.1 Å². The van der Waals surface area contributed by atoms with Gasteiger partial charge in [-0.15, -0.1) is 0 Å². The number of quaternary nitrogens is 1. The predicted octanol–water partition coefficient (Wildman–Crippen LogP) is 2.97. The van der Waals surface area contributed by atoms with Crippen molar-refractivity contribution in [2.75, 3.05) is 13.1 Å². The third-order valence-electron chi connectivity index (χ3n) is 4.32. The molecule has 3 heteroatoms. The molecule has 0 bridgehead atoms. The lowest BCUT2D eigenvalue weighted by Crippen LogP contribution is -2.50. The molecule has 2 aromatic rings. The van der Waals surface area contributed by atoms with E-state index < -0.39 is 10.7 Å². The first-order valence-electron chi connectivity index (χ1n) is 7.15. The van der Waals surface area contributed by atoms with Crippen molar-refractivity contribution in [2.45, 2.75) is 25.3 Å². The van der Waals surface area contributed by atoms with Gasteiger partial charge in [0.1, 0.15) is 0 Å². The molecular formula is C17H18NO2. The second-order valence-electron chi connectivity index (χ2n) is 5.58. The number of likely N-dealkylation sites (tertiary alicyclic amines) is 1. The first kappa shape index (κ1) is 13.3. The summed E-state index contributed by atoms with van der Waals surface area (Å²) in [5.41, 5.74) is 1.07. The molecule has 1 atom stereocenters. The molecule has 0 spiro atoms. The molecule has 1 fully saturated rings. The summed E-state index contributed by atoms with van der Waals surface area (Å²) in [6.07, 6.45) is 4.32. The van der Waals surface area contributed by atoms with Crippen molar-refractivity contribution in [1.82, 2.24) is 0 Å². The van der Waals surface area contributed by atoms with Crippen molar-refractivity contribution in [3.63, 3.8) is 0 Å². The summed E-state index contributed by atoms with van der Waals surface area (Å²) in [4.78, 5) is 11.3. The van der Waals surface area contributed by atoms with Crippen LogP contribution in [0.2, 0.25) is 0 Å². The van der Waals surface area contributed by atoms with E-state index in [1.54, 1.807) is 0 Å². The summed E-state index contributed by atoms with van der Waals surface area (Å²) in [5.74, 6) is 0. The Bertz CT molecular complexity index is 612. The van der Waals surface area contributed by atoms with Crippen LogP contribution in [0.3, 0.4) is 0 Å². The van der Waals surface area contributed by atoms with Gasteiger partial charge in [0, 0.05) is 19.3 Å². The Labute approximate surface area is 119 Å². The molecular weight excluding hydrogens is 250 g/mol. The molecule has 3 nitrogen and oxygen atoms in total. The van der Waals surface area contributed by atoms with Crippen molar-refractivity contribution >= 4 is 17.1 Å². The zero-order chi connectivity index (χ0) is 14.0. The minimum absolute atomic E-state index is 0.396. The van der Waals surface area contributed by atoms with Crippen LogP contribution < -0.4 is 0 Å². The maximum atomic E-state index is 12.6. The molecule has 0 aromatic heterocycles. The van der Waals surface area contributed by atoms with Gasteiger partial charge < -0.3 is 9.85 Å². The average Bonchev–Trinajstić information content (AvgIpc) is 2.92. The van der Waals surface area contributed by atoms with E-state index in [1.165, 1.54) is 0 Å². The SMILES string of the molecule is O=[C][C@@H](Cc1cccc2ccccc12)[N+]1([O-])CCCC1. The topological polar surface area (TPSA) is 40.1 Å². The zero-order valence-electron chi connectivity index (χ0n) is 11.4. The fourth-order valence-electron chi connectivity index (χ4n) is 3.17. The minimum Gasteiger partial charge on any atom is -0.632 e. The number of carbonyl (C=O) groups excluding carboxylic acids is 1. The van der Waals surface area contributed by atoms with Crippen LogP contribution in [-0.4, -0.2) is 30.1 Å². The second kappa shape index (κ2) is 5.35. The summed E-state index contributed by atoms with van der Waals surface area (Å²) in [6.45, 7) is 1.09. The molecule has 0 unspecified atom stereocenters. The molecule has 20 heavy (non-hydrogen) atoms. The zero-order valence-corrected chi connectivity index (χ0v) is 11.4. The number of hydrogen-bond acceptors (Lipinski definition) is 2. The van der Waals surface area contributed by atoms with Gasteiger partial charge in [-0.25, -0.2) is 0 Å². The highest BCUT2D eigenvalue weighted by Crippen LogP contribution is 2.26. The Morgan fingerprint density at radius 2 is 1.80 bits per heavy atom. The van der Waals surface area contributed by atoms with E-state index in [1.807, 2.05) is 36.6 Å². The molecule has 3 rings (SSSR count). The summed E-state index contributed by atoms with van der Waals surface area (Å²) < 4.78 is -0.396. The van der Waals surface area contributed by atoms with E-state index in [4.69, 9.17) is 0 Å². The van der Waals surface area contributed by atoms with Crippen LogP contribution in [0.25, 0.3) is 10.8 Å². The smallest absolute Gasteiger partial charge is 0.262 e. The summed E-state index contributed by atoms with van der Waals surface area (Å²) in [6, 6.07) is 13.5. The Balaban J connectivity index is 1.93. The van der Waals surface area contributed by atoms with E-state index in [9.17, 15) is 10.0 Å².